The molecule has 1 unspecified atom stereocenters. The molecule has 2 aliphatic rings. The second-order valence-electron chi connectivity index (χ2n) is 6.98. The lowest BCUT2D eigenvalue weighted by atomic mass is 9.93. The normalized spacial score (nSPS) is 22.4. The van der Waals surface area contributed by atoms with Crippen LogP contribution in [0.25, 0.3) is 0 Å². The zero-order valence-corrected chi connectivity index (χ0v) is 17.8. The number of anilines is 1. The highest BCUT2D eigenvalue weighted by atomic mass is 32.2. The maximum atomic E-state index is 13.0. The number of rotatable bonds is 8. The highest BCUT2D eigenvalue weighted by Gasteiger charge is 2.38. The molecule has 7 nitrogen and oxygen atoms in total. The third-order valence-electron chi connectivity index (χ3n) is 4.98. The van der Waals surface area contributed by atoms with E-state index in [0.717, 1.165) is 30.0 Å². The van der Waals surface area contributed by atoms with Crippen molar-refractivity contribution >= 4 is 44.0 Å². The van der Waals surface area contributed by atoms with Crippen molar-refractivity contribution in [2.45, 2.75) is 54.9 Å². The molecule has 10 heteroatoms. The first kappa shape index (κ1) is 20.6. The average molecular weight is 431 g/mol. The molecular weight excluding hydrogens is 404 g/mol. The molecule has 2 fully saturated rings. The zero-order chi connectivity index (χ0) is 19.3. The van der Waals surface area contributed by atoms with E-state index in [1.807, 2.05) is 4.90 Å². The van der Waals surface area contributed by atoms with Gasteiger partial charge in [0.2, 0.25) is 11.0 Å². The van der Waals surface area contributed by atoms with Crippen LogP contribution in [0.2, 0.25) is 0 Å². The van der Waals surface area contributed by atoms with Crippen LogP contribution in [0.4, 0.5) is 5.13 Å². The SMILES string of the molecule is C=CCNc1nnc(SCC(=O)N(C2CCCCC2)C2CCS(=O)(=O)C2)s1. The minimum Gasteiger partial charge on any atom is -0.357 e. The van der Waals surface area contributed by atoms with Crippen LogP contribution in [0.5, 0.6) is 0 Å². The van der Waals surface area contributed by atoms with E-state index in [2.05, 4.69) is 22.1 Å². The molecule has 150 valence electrons. The minimum atomic E-state index is -3.02. The van der Waals surface area contributed by atoms with Gasteiger partial charge in [-0.1, -0.05) is 48.4 Å². The minimum absolute atomic E-state index is 0.0183. The molecule has 3 rings (SSSR count). The Morgan fingerprint density at radius 1 is 1.26 bits per heavy atom. The molecule has 1 N–H and O–H groups in total. The van der Waals surface area contributed by atoms with Crippen LogP contribution in [0.15, 0.2) is 17.0 Å². The van der Waals surface area contributed by atoms with Gasteiger partial charge in [0.25, 0.3) is 0 Å². The molecule has 1 aromatic heterocycles. The Balaban J connectivity index is 1.63. The van der Waals surface area contributed by atoms with Crippen LogP contribution >= 0.6 is 23.1 Å². The second kappa shape index (κ2) is 9.38. The molecule has 0 spiro atoms. The average Bonchev–Trinajstić information content (AvgIpc) is 3.25. The van der Waals surface area contributed by atoms with Crippen molar-refractivity contribution in [2.75, 3.05) is 29.1 Å². The molecule has 1 aromatic rings. The smallest absolute Gasteiger partial charge is 0.233 e. The molecule has 1 amide bonds. The molecule has 1 saturated carbocycles. The Bertz CT molecular complexity index is 759. The lowest BCUT2D eigenvalue weighted by Crippen LogP contribution is -2.49. The van der Waals surface area contributed by atoms with E-state index < -0.39 is 9.84 Å². The Morgan fingerprint density at radius 3 is 2.70 bits per heavy atom. The van der Waals surface area contributed by atoms with Crippen molar-refractivity contribution in [3.63, 3.8) is 0 Å². The fraction of sp³-hybridized carbons (Fsp3) is 0.706. The Hall–Kier alpha value is -1.13. The van der Waals surface area contributed by atoms with Gasteiger partial charge in [-0.25, -0.2) is 8.42 Å². The molecule has 0 aromatic carbocycles. The molecule has 27 heavy (non-hydrogen) atoms. The molecule has 1 atom stereocenters. The summed E-state index contributed by atoms with van der Waals surface area (Å²) in [5, 5.41) is 11.9. The first-order chi connectivity index (χ1) is 13.0. The number of hydrogen-bond acceptors (Lipinski definition) is 8. The summed E-state index contributed by atoms with van der Waals surface area (Å²) in [5.41, 5.74) is 0. The Labute approximate surface area is 168 Å². The number of thioether (sulfide) groups is 1. The lowest BCUT2D eigenvalue weighted by molar-refractivity contribution is -0.133. The molecule has 1 aliphatic heterocycles. The number of amides is 1. The topological polar surface area (TPSA) is 92.3 Å². The van der Waals surface area contributed by atoms with Crippen LogP contribution < -0.4 is 5.32 Å². The van der Waals surface area contributed by atoms with Gasteiger partial charge in [-0.05, 0) is 19.3 Å². The van der Waals surface area contributed by atoms with E-state index in [-0.39, 0.29) is 35.2 Å². The largest absolute Gasteiger partial charge is 0.357 e. The summed E-state index contributed by atoms with van der Waals surface area (Å²) in [6.07, 6.45) is 7.66. The first-order valence-corrected chi connectivity index (χ1v) is 12.9. The van der Waals surface area contributed by atoms with E-state index in [1.165, 1.54) is 29.5 Å². The highest BCUT2D eigenvalue weighted by molar-refractivity contribution is 8.01. The summed E-state index contributed by atoms with van der Waals surface area (Å²) in [7, 11) is -3.02. The highest BCUT2D eigenvalue weighted by Crippen LogP contribution is 2.31. The molecule has 1 aliphatic carbocycles. The van der Waals surface area contributed by atoms with Crippen molar-refractivity contribution in [3.05, 3.63) is 12.7 Å². The van der Waals surface area contributed by atoms with Crippen molar-refractivity contribution in [3.8, 4) is 0 Å². The molecule has 0 radical (unpaired) electrons. The maximum absolute atomic E-state index is 13.0. The summed E-state index contributed by atoms with van der Waals surface area (Å²) < 4.78 is 24.6. The van der Waals surface area contributed by atoms with Crippen LogP contribution in [-0.2, 0) is 14.6 Å². The van der Waals surface area contributed by atoms with E-state index in [0.29, 0.717) is 18.1 Å². The van der Waals surface area contributed by atoms with Crippen molar-refractivity contribution in [1.82, 2.24) is 15.1 Å². The number of aromatic nitrogens is 2. The summed E-state index contributed by atoms with van der Waals surface area (Å²) in [4.78, 5) is 14.9. The first-order valence-electron chi connectivity index (χ1n) is 9.31. The van der Waals surface area contributed by atoms with E-state index in [4.69, 9.17) is 0 Å². The van der Waals surface area contributed by atoms with Crippen LogP contribution in [-0.4, -0.2) is 65.3 Å². The molecule has 1 saturated heterocycles. The van der Waals surface area contributed by atoms with Crippen molar-refractivity contribution < 1.29 is 13.2 Å². The van der Waals surface area contributed by atoms with Crippen LogP contribution in [0, 0.1) is 0 Å². The second-order valence-corrected chi connectivity index (χ2v) is 11.4. The monoisotopic (exact) mass is 430 g/mol. The summed E-state index contributed by atoms with van der Waals surface area (Å²) in [6.45, 7) is 4.26. The Morgan fingerprint density at radius 2 is 2.04 bits per heavy atom. The summed E-state index contributed by atoms with van der Waals surface area (Å²) >= 11 is 2.78. The zero-order valence-electron chi connectivity index (χ0n) is 15.3. The third kappa shape index (κ3) is 5.68. The number of carbonyl (C=O) groups is 1. The fourth-order valence-corrected chi connectivity index (χ4v) is 7.10. The van der Waals surface area contributed by atoms with Gasteiger partial charge < -0.3 is 10.2 Å². The van der Waals surface area contributed by atoms with Gasteiger partial charge in [0.1, 0.15) is 0 Å². The van der Waals surface area contributed by atoms with Crippen molar-refractivity contribution in [1.29, 1.82) is 0 Å². The van der Waals surface area contributed by atoms with Gasteiger partial charge in [0, 0.05) is 18.6 Å². The van der Waals surface area contributed by atoms with Crippen LogP contribution in [0.1, 0.15) is 38.5 Å². The predicted molar refractivity (Wildman–Crippen MR) is 110 cm³/mol. The standard InChI is InChI=1S/C17H26N4O3S3/c1-2-9-18-16-19-20-17(26-16)25-11-15(22)21(13-6-4-3-5-7-13)14-8-10-27(23,24)12-14/h2,13-14H,1,3-12H2,(H,18,19). The van der Waals surface area contributed by atoms with Gasteiger partial charge in [-0.2, -0.15) is 0 Å². The van der Waals surface area contributed by atoms with Gasteiger partial charge in [0.15, 0.2) is 14.2 Å². The fourth-order valence-electron chi connectivity index (χ4n) is 3.76. The number of nitrogens with zero attached hydrogens (tertiary/aromatic N) is 3. The number of hydrogen-bond donors (Lipinski definition) is 1. The summed E-state index contributed by atoms with van der Waals surface area (Å²) in [5.74, 6) is 0.581. The number of nitrogens with one attached hydrogen (secondary N) is 1. The van der Waals surface area contributed by atoms with E-state index in [1.54, 1.807) is 6.08 Å². The van der Waals surface area contributed by atoms with E-state index in [9.17, 15) is 13.2 Å². The van der Waals surface area contributed by atoms with Crippen LogP contribution in [0.3, 0.4) is 0 Å². The maximum Gasteiger partial charge on any atom is 0.233 e. The molecule has 0 bridgehead atoms. The van der Waals surface area contributed by atoms with Gasteiger partial charge in [0.05, 0.1) is 17.3 Å². The molecular formula is C17H26N4O3S3. The third-order valence-corrected chi connectivity index (χ3v) is 8.73. The summed E-state index contributed by atoms with van der Waals surface area (Å²) in [6, 6.07) is -0.00479. The van der Waals surface area contributed by atoms with Gasteiger partial charge in [-0.15, -0.1) is 16.8 Å². The van der Waals surface area contributed by atoms with E-state index >= 15 is 0 Å². The quantitative estimate of drug-likeness (QED) is 0.500. The number of sulfone groups is 1. The van der Waals surface area contributed by atoms with Gasteiger partial charge >= 0.3 is 0 Å². The predicted octanol–water partition coefficient (Wildman–Crippen LogP) is 2.58. The number of carbonyl (C=O) groups excluding carboxylic acids is 1. The molecule has 2 heterocycles. The lowest BCUT2D eigenvalue weighted by Gasteiger charge is -2.38. The van der Waals surface area contributed by atoms with Gasteiger partial charge in [-0.3, -0.25) is 4.79 Å². The van der Waals surface area contributed by atoms with Crippen molar-refractivity contribution in [2.24, 2.45) is 0 Å². The Kier molecular flexibility index (Phi) is 7.16.